The third-order valence-electron chi connectivity index (χ3n) is 5.31. The van der Waals surface area contributed by atoms with E-state index in [4.69, 9.17) is 10.1 Å². The Labute approximate surface area is 149 Å². The van der Waals surface area contributed by atoms with Crippen LogP contribution in [0.3, 0.4) is 0 Å². The van der Waals surface area contributed by atoms with Gasteiger partial charge in [0.15, 0.2) is 0 Å². The van der Waals surface area contributed by atoms with Gasteiger partial charge < -0.3 is 10.0 Å². The summed E-state index contributed by atoms with van der Waals surface area (Å²) in [5.74, 6) is -0.756. The minimum atomic E-state index is -0.756. The number of anilines is 1. The summed E-state index contributed by atoms with van der Waals surface area (Å²) in [4.78, 5) is 20.2. The second kappa shape index (κ2) is 7.40. The smallest absolute Gasteiger partial charge is 0.317 e. The molecule has 2 heterocycles. The lowest BCUT2D eigenvalue weighted by molar-refractivity contribution is -0.138. The van der Waals surface area contributed by atoms with Crippen LogP contribution in [0.2, 0.25) is 0 Å². The Bertz CT molecular complexity index is 767. The molecule has 5 nitrogen and oxygen atoms in total. The highest BCUT2D eigenvalue weighted by Gasteiger charge is 2.26. The molecule has 0 bridgehead atoms. The number of pyridine rings is 1. The summed E-state index contributed by atoms with van der Waals surface area (Å²) in [6.45, 7) is 6.31. The van der Waals surface area contributed by atoms with E-state index in [1.54, 1.807) is 0 Å². The highest BCUT2D eigenvalue weighted by Crippen LogP contribution is 2.34. The third-order valence-corrected chi connectivity index (χ3v) is 5.31. The molecule has 1 aromatic carbocycles. The number of nitrogens with zero attached hydrogens (tertiary/aromatic N) is 3. The Morgan fingerprint density at radius 3 is 2.64 bits per heavy atom. The van der Waals surface area contributed by atoms with E-state index in [1.807, 2.05) is 18.0 Å². The number of aliphatic carboxylic acids is 1. The molecule has 0 saturated carbocycles. The highest BCUT2D eigenvalue weighted by atomic mass is 16.4. The number of piperidine rings is 1. The highest BCUT2D eigenvalue weighted by molar-refractivity contribution is 5.94. The van der Waals surface area contributed by atoms with Crippen LogP contribution in [0.15, 0.2) is 24.3 Å². The molecule has 2 aromatic rings. The Morgan fingerprint density at radius 2 is 2.00 bits per heavy atom. The van der Waals surface area contributed by atoms with Crippen molar-refractivity contribution in [2.75, 3.05) is 31.6 Å². The van der Waals surface area contributed by atoms with Crippen molar-refractivity contribution in [2.24, 2.45) is 0 Å². The summed E-state index contributed by atoms with van der Waals surface area (Å²) in [5, 5.41) is 10.2. The van der Waals surface area contributed by atoms with Gasteiger partial charge >= 0.3 is 5.97 Å². The molecule has 1 N–H and O–H groups in total. The molecule has 1 fully saturated rings. The van der Waals surface area contributed by atoms with Gasteiger partial charge in [0.05, 0.1) is 17.7 Å². The van der Waals surface area contributed by atoms with Gasteiger partial charge in [0.25, 0.3) is 0 Å². The fourth-order valence-corrected chi connectivity index (χ4v) is 4.01. The number of carboxylic acid groups (broad SMARTS) is 1. The van der Waals surface area contributed by atoms with Crippen LogP contribution in [-0.2, 0) is 11.2 Å². The number of benzene rings is 1. The number of rotatable bonds is 5. The van der Waals surface area contributed by atoms with Crippen molar-refractivity contribution in [3.05, 3.63) is 35.5 Å². The fourth-order valence-electron chi connectivity index (χ4n) is 4.01. The predicted molar refractivity (Wildman–Crippen MR) is 101 cm³/mol. The predicted octanol–water partition coefficient (Wildman–Crippen LogP) is 3.09. The molecule has 1 aliphatic rings. The molecule has 1 aliphatic heterocycles. The van der Waals surface area contributed by atoms with Crippen LogP contribution in [0.4, 0.5) is 5.69 Å². The summed E-state index contributed by atoms with van der Waals surface area (Å²) < 4.78 is 0. The second-order valence-corrected chi connectivity index (χ2v) is 6.92. The molecule has 0 spiro atoms. The average molecular weight is 341 g/mol. The summed E-state index contributed by atoms with van der Waals surface area (Å²) in [7, 11) is 1.91. The van der Waals surface area contributed by atoms with Crippen LogP contribution in [-0.4, -0.2) is 53.7 Å². The maximum absolute atomic E-state index is 10.9. The minimum absolute atomic E-state index is 0.113. The van der Waals surface area contributed by atoms with Gasteiger partial charge in [-0.2, -0.15) is 0 Å². The lowest BCUT2D eigenvalue weighted by Gasteiger charge is -2.38. The lowest BCUT2D eigenvalue weighted by Crippen LogP contribution is -2.45. The van der Waals surface area contributed by atoms with Gasteiger partial charge in [0.1, 0.15) is 0 Å². The molecular formula is C20H27N3O2. The van der Waals surface area contributed by atoms with Gasteiger partial charge in [0, 0.05) is 30.2 Å². The molecular weight excluding hydrogens is 314 g/mol. The maximum atomic E-state index is 10.9. The Morgan fingerprint density at radius 1 is 1.32 bits per heavy atom. The number of aryl methyl sites for hydroxylation is 1. The van der Waals surface area contributed by atoms with E-state index in [9.17, 15) is 4.79 Å². The van der Waals surface area contributed by atoms with Gasteiger partial charge in [0.2, 0.25) is 0 Å². The normalized spacial score (nSPS) is 15.9. The van der Waals surface area contributed by atoms with Gasteiger partial charge in [-0.3, -0.25) is 14.7 Å². The zero-order chi connectivity index (χ0) is 18.0. The molecule has 0 radical (unpaired) electrons. The van der Waals surface area contributed by atoms with Crippen LogP contribution in [0.1, 0.15) is 31.0 Å². The van der Waals surface area contributed by atoms with E-state index < -0.39 is 5.97 Å². The quantitative estimate of drug-likeness (QED) is 0.906. The zero-order valence-electron chi connectivity index (χ0n) is 15.3. The van der Waals surface area contributed by atoms with Gasteiger partial charge in [-0.05, 0) is 44.9 Å². The number of para-hydroxylation sites is 1. The molecule has 25 heavy (non-hydrogen) atoms. The van der Waals surface area contributed by atoms with E-state index >= 15 is 0 Å². The number of carbonyl (C=O) groups is 1. The van der Waals surface area contributed by atoms with Crippen LogP contribution in [0, 0.1) is 6.92 Å². The summed E-state index contributed by atoms with van der Waals surface area (Å²) in [6.07, 6.45) is 2.95. The Balaban J connectivity index is 1.87. The van der Waals surface area contributed by atoms with Crippen LogP contribution < -0.4 is 4.90 Å². The first-order valence-corrected chi connectivity index (χ1v) is 9.06. The largest absolute Gasteiger partial charge is 0.480 e. The van der Waals surface area contributed by atoms with Crippen molar-refractivity contribution in [1.29, 1.82) is 0 Å². The molecule has 3 rings (SSSR count). The van der Waals surface area contributed by atoms with Crippen molar-refractivity contribution < 1.29 is 9.90 Å². The van der Waals surface area contributed by atoms with E-state index in [0.717, 1.165) is 43.6 Å². The summed E-state index contributed by atoms with van der Waals surface area (Å²) in [5.41, 5.74) is 4.82. The van der Waals surface area contributed by atoms with Crippen molar-refractivity contribution in [3.8, 4) is 0 Å². The third kappa shape index (κ3) is 3.61. The molecule has 1 saturated heterocycles. The molecule has 0 atom stereocenters. The molecule has 0 amide bonds. The maximum Gasteiger partial charge on any atom is 0.317 e. The van der Waals surface area contributed by atoms with Crippen molar-refractivity contribution in [3.63, 3.8) is 0 Å². The number of likely N-dealkylation sites (N-methyl/N-ethyl adjacent to an activating group) is 1. The lowest BCUT2D eigenvalue weighted by atomic mass is 9.98. The molecule has 134 valence electrons. The van der Waals surface area contributed by atoms with Gasteiger partial charge in [-0.25, -0.2) is 0 Å². The molecule has 1 aromatic heterocycles. The minimum Gasteiger partial charge on any atom is -0.480 e. The van der Waals surface area contributed by atoms with Crippen molar-refractivity contribution >= 4 is 22.6 Å². The number of hydrogen-bond acceptors (Lipinski definition) is 4. The van der Waals surface area contributed by atoms with Crippen LogP contribution in [0.5, 0.6) is 0 Å². The van der Waals surface area contributed by atoms with E-state index in [1.165, 1.54) is 16.6 Å². The molecule has 5 heteroatoms. The van der Waals surface area contributed by atoms with Gasteiger partial charge in [-0.15, -0.1) is 0 Å². The number of carboxylic acids is 1. The summed E-state index contributed by atoms with van der Waals surface area (Å²) in [6, 6.07) is 8.71. The van der Waals surface area contributed by atoms with E-state index in [-0.39, 0.29) is 6.54 Å². The summed E-state index contributed by atoms with van der Waals surface area (Å²) >= 11 is 0. The van der Waals surface area contributed by atoms with Crippen molar-refractivity contribution in [2.45, 2.75) is 39.2 Å². The monoisotopic (exact) mass is 341 g/mol. The Kier molecular flexibility index (Phi) is 5.23. The van der Waals surface area contributed by atoms with Crippen LogP contribution in [0.25, 0.3) is 10.9 Å². The molecule has 0 aliphatic carbocycles. The average Bonchev–Trinajstić information content (AvgIpc) is 2.60. The fraction of sp³-hybridized carbons (Fsp3) is 0.500. The first kappa shape index (κ1) is 17.7. The number of fused-ring (bicyclic) bond motifs is 1. The Hall–Kier alpha value is -2.14. The van der Waals surface area contributed by atoms with Gasteiger partial charge in [-0.1, -0.05) is 25.1 Å². The number of hydrogen-bond donors (Lipinski definition) is 1. The SMILES string of the molecule is CCc1c(C)nc2ccccc2c1N1CCC(N(C)CC(=O)O)CC1. The van der Waals surface area contributed by atoms with E-state index in [0.29, 0.717) is 6.04 Å². The molecule has 0 unspecified atom stereocenters. The second-order valence-electron chi connectivity index (χ2n) is 6.92. The first-order chi connectivity index (χ1) is 12.0. The van der Waals surface area contributed by atoms with Crippen molar-refractivity contribution in [1.82, 2.24) is 9.88 Å². The van der Waals surface area contributed by atoms with E-state index in [2.05, 4.69) is 36.9 Å². The number of aromatic nitrogens is 1. The topological polar surface area (TPSA) is 56.7 Å². The first-order valence-electron chi connectivity index (χ1n) is 9.06. The standard InChI is InChI=1S/C20H27N3O2/c1-4-16-14(2)21-18-8-6-5-7-17(18)20(16)23-11-9-15(10-12-23)22(3)13-19(24)25/h5-8,15H,4,9-13H2,1-3H3,(H,24,25). The van der Waals surface area contributed by atoms with Crippen LogP contribution >= 0.6 is 0 Å². The zero-order valence-corrected chi connectivity index (χ0v) is 15.3.